The predicted molar refractivity (Wildman–Crippen MR) is 101 cm³/mol. The summed E-state index contributed by atoms with van der Waals surface area (Å²) in [6.45, 7) is 4.67. The minimum atomic E-state index is -0.405. The van der Waals surface area contributed by atoms with E-state index in [-0.39, 0.29) is 5.91 Å². The van der Waals surface area contributed by atoms with Crippen molar-refractivity contribution in [3.05, 3.63) is 35.9 Å². The number of β-amino-alcohol motifs (C(OH)–C–C–N with tert-alkyl or cyclic N) is 1. The molecule has 1 saturated heterocycles. The van der Waals surface area contributed by atoms with Crippen LogP contribution in [0.2, 0.25) is 0 Å². The third kappa shape index (κ3) is 6.77. The Hall–Kier alpha value is -1.43. The number of carbonyl (C=O) groups excluding carboxylic acids is 1. The van der Waals surface area contributed by atoms with Crippen LogP contribution in [-0.2, 0) is 4.79 Å². The fourth-order valence-electron chi connectivity index (χ4n) is 3.42. The summed E-state index contributed by atoms with van der Waals surface area (Å²) >= 11 is 0. The van der Waals surface area contributed by atoms with E-state index >= 15 is 0 Å². The lowest BCUT2D eigenvalue weighted by atomic mass is 9.95. The number of rotatable bonds is 8. The van der Waals surface area contributed by atoms with Crippen molar-refractivity contribution in [2.45, 2.75) is 25.4 Å². The van der Waals surface area contributed by atoms with Gasteiger partial charge in [-0.1, -0.05) is 30.3 Å². The molecule has 0 aromatic heterocycles. The summed E-state index contributed by atoms with van der Waals surface area (Å²) < 4.78 is 0. The molecule has 1 aliphatic heterocycles. The van der Waals surface area contributed by atoms with E-state index in [1.54, 1.807) is 4.90 Å². The summed E-state index contributed by atoms with van der Waals surface area (Å²) in [5, 5.41) is 10.4. The number of piperidine rings is 1. The van der Waals surface area contributed by atoms with E-state index in [0.717, 1.165) is 44.6 Å². The van der Waals surface area contributed by atoms with Crippen molar-refractivity contribution in [3.63, 3.8) is 0 Å². The number of likely N-dealkylation sites (tertiary alicyclic amines) is 1. The maximum Gasteiger partial charge on any atom is 0.223 e. The molecule has 1 amide bonds. The number of hydrogen-bond acceptors (Lipinski definition) is 4. The second-order valence-electron chi connectivity index (χ2n) is 7.47. The van der Waals surface area contributed by atoms with Gasteiger partial charge in [-0.3, -0.25) is 4.79 Å². The van der Waals surface area contributed by atoms with E-state index in [2.05, 4.69) is 16.8 Å². The largest absolute Gasteiger partial charge is 0.387 e. The van der Waals surface area contributed by atoms with Crippen molar-refractivity contribution in [3.8, 4) is 0 Å². The maximum absolute atomic E-state index is 11.7. The van der Waals surface area contributed by atoms with Gasteiger partial charge in [-0.15, -0.1) is 0 Å². The Labute approximate surface area is 152 Å². The number of aliphatic hydroxyl groups is 1. The monoisotopic (exact) mass is 347 g/mol. The molecule has 2 rings (SSSR count). The molecule has 1 fully saturated rings. The third-order valence-corrected chi connectivity index (χ3v) is 5.10. The predicted octanol–water partition coefficient (Wildman–Crippen LogP) is 1.84. The zero-order valence-electron chi connectivity index (χ0n) is 15.9. The van der Waals surface area contributed by atoms with Crippen LogP contribution < -0.4 is 0 Å². The van der Waals surface area contributed by atoms with Crippen LogP contribution in [0.3, 0.4) is 0 Å². The molecule has 1 unspecified atom stereocenters. The first-order valence-electron chi connectivity index (χ1n) is 9.29. The first-order chi connectivity index (χ1) is 12.0. The number of benzene rings is 1. The minimum absolute atomic E-state index is 0.191. The molecule has 5 heteroatoms. The average Bonchev–Trinajstić information content (AvgIpc) is 2.62. The van der Waals surface area contributed by atoms with Crippen LogP contribution in [0, 0.1) is 5.92 Å². The van der Waals surface area contributed by atoms with Crippen molar-refractivity contribution in [1.29, 1.82) is 0 Å². The van der Waals surface area contributed by atoms with Gasteiger partial charge in [0.25, 0.3) is 0 Å². The minimum Gasteiger partial charge on any atom is -0.387 e. The van der Waals surface area contributed by atoms with Crippen LogP contribution in [0.1, 0.15) is 30.9 Å². The topological polar surface area (TPSA) is 47.0 Å². The van der Waals surface area contributed by atoms with Crippen molar-refractivity contribution < 1.29 is 9.90 Å². The van der Waals surface area contributed by atoms with Crippen molar-refractivity contribution in [1.82, 2.24) is 14.7 Å². The Morgan fingerprint density at radius 3 is 2.44 bits per heavy atom. The molecule has 0 aliphatic carbocycles. The summed E-state index contributed by atoms with van der Waals surface area (Å²) in [6.07, 6.45) is 2.50. The molecular formula is C20H33N3O2. The number of hydrogen-bond donors (Lipinski definition) is 1. The second kappa shape index (κ2) is 9.90. The molecule has 5 nitrogen and oxygen atoms in total. The third-order valence-electron chi connectivity index (χ3n) is 5.10. The highest BCUT2D eigenvalue weighted by molar-refractivity contribution is 5.75. The molecule has 1 atom stereocenters. The van der Waals surface area contributed by atoms with Gasteiger partial charge in [0.05, 0.1) is 6.10 Å². The van der Waals surface area contributed by atoms with Gasteiger partial charge in [-0.05, 0) is 44.5 Å². The Kier molecular flexibility index (Phi) is 7.88. The van der Waals surface area contributed by atoms with Gasteiger partial charge in [0.15, 0.2) is 0 Å². The second-order valence-corrected chi connectivity index (χ2v) is 7.47. The lowest BCUT2D eigenvalue weighted by Gasteiger charge is -2.35. The summed E-state index contributed by atoms with van der Waals surface area (Å²) in [6, 6.07) is 9.90. The SMILES string of the molecule is CN(CCC(=O)N(C)C)CC1CCN(CC(O)c2ccccc2)CC1. The normalized spacial score (nSPS) is 17.6. The summed E-state index contributed by atoms with van der Waals surface area (Å²) in [5.41, 5.74) is 0.995. The van der Waals surface area contributed by atoms with Gasteiger partial charge in [0.1, 0.15) is 0 Å². The molecule has 1 heterocycles. The summed E-state index contributed by atoms with van der Waals surface area (Å²) in [7, 11) is 5.72. The molecule has 1 aromatic carbocycles. The van der Waals surface area contributed by atoms with Crippen molar-refractivity contribution >= 4 is 5.91 Å². The molecule has 1 aliphatic rings. The Morgan fingerprint density at radius 2 is 1.84 bits per heavy atom. The molecule has 1 N–H and O–H groups in total. The molecular weight excluding hydrogens is 314 g/mol. The molecule has 0 radical (unpaired) electrons. The molecule has 0 saturated carbocycles. The van der Waals surface area contributed by atoms with Gasteiger partial charge < -0.3 is 19.8 Å². The first kappa shape index (κ1) is 19.9. The summed E-state index contributed by atoms with van der Waals surface area (Å²) in [5.74, 6) is 0.876. The van der Waals surface area contributed by atoms with Gasteiger partial charge in [0.2, 0.25) is 5.91 Å². The van der Waals surface area contributed by atoms with E-state index in [1.807, 2.05) is 44.4 Å². The van der Waals surface area contributed by atoms with Gasteiger partial charge in [-0.2, -0.15) is 0 Å². The van der Waals surface area contributed by atoms with Crippen LogP contribution in [0.25, 0.3) is 0 Å². The van der Waals surface area contributed by atoms with Gasteiger partial charge >= 0.3 is 0 Å². The van der Waals surface area contributed by atoms with Crippen LogP contribution in [0.15, 0.2) is 30.3 Å². The lowest BCUT2D eigenvalue weighted by Crippen LogP contribution is -2.40. The molecule has 0 bridgehead atoms. The highest BCUT2D eigenvalue weighted by atomic mass is 16.3. The maximum atomic E-state index is 11.7. The van der Waals surface area contributed by atoms with E-state index < -0.39 is 6.10 Å². The standard InChI is InChI=1S/C20H33N3O2/c1-21(2)20(25)11-12-22(3)15-17-9-13-23(14-10-17)16-19(24)18-7-5-4-6-8-18/h4-8,17,19,24H,9-16H2,1-3H3. The quantitative estimate of drug-likeness (QED) is 0.780. The van der Waals surface area contributed by atoms with Crippen LogP contribution in [-0.4, -0.2) is 79.6 Å². The van der Waals surface area contributed by atoms with Gasteiger partial charge in [-0.25, -0.2) is 0 Å². The number of nitrogens with zero attached hydrogens (tertiary/aromatic N) is 3. The van der Waals surface area contributed by atoms with Gasteiger partial charge in [0, 0.05) is 40.2 Å². The van der Waals surface area contributed by atoms with Crippen LogP contribution in [0.5, 0.6) is 0 Å². The fourth-order valence-corrected chi connectivity index (χ4v) is 3.42. The number of aliphatic hydroxyl groups excluding tert-OH is 1. The van der Waals surface area contributed by atoms with Crippen molar-refractivity contribution in [2.75, 3.05) is 53.9 Å². The first-order valence-corrected chi connectivity index (χ1v) is 9.29. The molecule has 25 heavy (non-hydrogen) atoms. The summed E-state index contributed by atoms with van der Waals surface area (Å²) in [4.78, 5) is 18.0. The number of amides is 1. The zero-order chi connectivity index (χ0) is 18.2. The highest BCUT2D eigenvalue weighted by Gasteiger charge is 2.22. The van der Waals surface area contributed by atoms with E-state index in [1.165, 1.54) is 0 Å². The van der Waals surface area contributed by atoms with E-state index in [9.17, 15) is 9.90 Å². The van der Waals surface area contributed by atoms with Crippen molar-refractivity contribution in [2.24, 2.45) is 5.92 Å². The molecule has 0 spiro atoms. The molecule has 140 valence electrons. The lowest BCUT2D eigenvalue weighted by molar-refractivity contribution is -0.129. The van der Waals surface area contributed by atoms with E-state index in [4.69, 9.17) is 0 Å². The Balaban J connectivity index is 1.66. The van der Waals surface area contributed by atoms with E-state index in [0.29, 0.717) is 18.9 Å². The number of carbonyl (C=O) groups is 1. The Bertz CT molecular complexity index is 513. The fraction of sp³-hybridized carbons (Fsp3) is 0.650. The Morgan fingerprint density at radius 1 is 1.20 bits per heavy atom. The smallest absolute Gasteiger partial charge is 0.223 e. The zero-order valence-corrected chi connectivity index (χ0v) is 15.9. The van der Waals surface area contributed by atoms with Crippen LogP contribution >= 0.6 is 0 Å². The average molecular weight is 348 g/mol. The highest BCUT2D eigenvalue weighted by Crippen LogP contribution is 2.21. The molecule has 1 aromatic rings. The van der Waals surface area contributed by atoms with Crippen LogP contribution in [0.4, 0.5) is 0 Å².